The van der Waals surface area contributed by atoms with Crippen LogP contribution in [-0.2, 0) is 10.2 Å². The third-order valence-electron chi connectivity index (χ3n) is 4.41. The minimum atomic E-state index is -0.665. The Bertz CT molecular complexity index is 690. The molecule has 0 saturated heterocycles. The second-order valence-corrected chi connectivity index (χ2v) is 7.65. The van der Waals surface area contributed by atoms with E-state index in [1.807, 2.05) is 30.3 Å². The fraction of sp³-hybridized carbons (Fsp3) is 0.435. The summed E-state index contributed by atoms with van der Waals surface area (Å²) in [5.41, 5.74) is 2.40. The minimum Gasteiger partial charge on any atom is -0.432 e. The molecular weight excluding hydrogens is 338 g/mol. The van der Waals surface area contributed by atoms with Crippen molar-refractivity contribution in [3.8, 4) is 5.75 Å². The molecule has 4 nitrogen and oxygen atoms in total. The lowest BCUT2D eigenvalue weighted by molar-refractivity contribution is 0.101. The Labute approximate surface area is 163 Å². The molecule has 0 heterocycles. The first kappa shape index (κ1) is 20.8. The van der Waals surface area contributed by atoms with Gasteiger partial charge in [0.15, 0.2) is 0 Å². The molecule has 0 spiro atoms. The summed E-state index contributed by atoms with van der Waals surface area (Å²) >= 11 is 0. The Hall–Kier alpha value is -2.49. The first-order chi connectivity index (χ1) is 12.9. The van der Waals surface area contributed by atoms with Crippen LogP contribution in [0, 0.1) is 0 Å². The molecule has 0 bridgehead atoms. The van der Waals surface area contributed by atoms with E-state index in [0.29, 0.717) is 12.3 Å². The van der Waals surface area contributed by atoms with Gasteiger partial charge in [0.25, 0.3) is 0 Å². The number of benzene rings is 2. The molecule has 2 aromatic rings. The molecule has 0 atom stereocenters. The lowest BCUT2D eigenvalue weighted by Gasteiger charge is -2.24. The molecule has 2 aromatic carbocycles. The van der Waals surface area contributed by atoms with Crippen molar-refractivity contribution in [3.05, 3.63) is 60.2 Å². The van der Waals surface area contributed by atoms with E-state index in [9.17, 15) is 4.79 Å². The second kappa shape index (κ2) is 10.0. The zero-order valence-corrected chi connectivity index (χ0v) is 16.9. The molecule has 0 aliphatic heterocycles. The monoisotopic (exact) mass is 369 g/mol. The molecule has 146 valence electrons. The summed E-state index contributed by atoms with van der Waals surface area (Å²) in [7, 11) is 0. The van der Waals surface area contributed by atoms with Crippen LogP contribution in [0.15, 0.2) is 54.6 Å². The van der Waals surface area contributed by atoms with Crippen LogP contribution in [0.4, 0.5) is 10.5 Å². The molecule has 0 aliphatic carbocycles. The van der Waals surface area contributed by atoms with Crippen LogP contribution in [0.1, 0.15) is 46.1 Å². The van der Waals surface area contributed by atoms with Gasteiger partial charge < -0.3 is 14.4 Å². The highest BCUT2D eigenvalue weighted by molar-refractivity contribution is 5.63. The zero-order chi connectivity index (χ0) is 19.7. The van der Waals surface area contributed by atoms with Gasteiger partial charge in [0.05, 0.1) is 6.54 Å². The van der Waals surface area contributed by atoms with Gasteiger partial charge in [-0.2, -0.15) is 0 Å². The topological polar surface area (TPSA) is 38.8 Å². The van der Waals surface area contributed by atoms with E-state index in [-0.39, 0.29) is 12.0 Å². The van der Waals surface area contributed by atoms with E-state index in [1.54, 1.807) is 12.1 Å². The summed E-state index contributed by atoms with van der Waals surface area (Å²) in [6.45, 7) is 10.5. The van der Waals surface area contributed by atoms with Crippen molar-refractivity contribution in [2.24, 2.45) is 0 Å². The number of hydrogen-bond acceptors (Lipinski definition) is 4. The molecule has 2 rings (SSSR count). The quantitative estimate of drug-likeness (QED) is 0.435. The number of unbranched alkanes of at least 4 members (excludes halogenated alkanes) is 1. The van der Waals surface area contributed by atoms with Crippen molar-refractivity contribution in [1.29, 1.82) is 0 Å². The average molecular weight is 370 g/mol. The molecule has 0 unspecified atom stereocenters. The lowest BCUT2D eigenvalue weighted by atomic mass is 9.87. The molecule has 0 amide bonds. The van der Waals surface area contributed by atoms with Crippen LogP contribution >= 0.6 is 0 Å². The number of hydrogen-bond donors (Lipinski definition) is 0. The Kier molecular flexibility index (Phi) is 7.71. The molecule has 0 fully saturated rings. The third-order valence-corrected chi connectivity index (χ3v) is 4.41. The maximum absolute atomic E-state index is 12.0. The first-order valence-corrected chi connectivity index (χ1v) is 9.65. The zero-order valence-electron chi connectivity index (χ0n) is 16.9. The number of anilines is 1. The number of rotatable bonds is 8. The minimum absolute atomic E-state index is 0.0679. The molecule has 27 heavy (non-hydrogen) atoms. The van der Waals surface area contributed by atoms with Crippen LogP contribution in [0.25, 0.3) is 0 Å². The van der Waals surface area contributed by atoms with E-state index in [0.717, 1.165) is 25.1 Å². The summed E-state index contributed by atoms with van der Waals surface area (Å²) in [5, 5.41) is 0. The highest BCUT2D eigenvalue weighted by Gasteiger charge is 2.14. The predicted molar refractivity (Wildman–Crippen MR) is 111 cm³/mol. The summed E-state index contributed by atoms with van der Waals surface area (Å²) < 4.78 is 10.5. The van der Waals surface area contributed by atoms with Crippen LogP contribution in [0.3, 0.4) is 0 Å². The van der Waals surface area contributed by atoms with Gasteiger partial charge in [-0.25, -0.2) is 4.79 Å². The van der Waals surface area contributed by atoms with E-state index in [1.165, 1.54) is 5.56 Å². The van der Waals surface area contributed by atoms with Crippen molar-refractivity contribution >= 4 is 11.8 Å². The third kappa shape index (κ3) is 6.97. The van der Waals surface area contributed by atoms with Gasteiger partial charge in [-0.05, 0) is 41.7 Å². The van der Waals surface area contributed by atoms with Gasteiger partial charge in [0.2, 0.25) is 0 Å². The van der Waals surface area contributed by atoms with Crippen molar-refractivity contribution in [2.45, 2.75) is 46.0 Å². The maximum atomic E-state index is 12.0. The number of para-hydroxylation sites is 1. The number of nitrogens with zero attached hydrogens (tertiary/aromatic N) is 1. The predicted octanol–water partition coefficient (Wildman–Crippen LogP) is 5.81. The van der Waals surface area contributed by atoms with Gasteiger partial charge >= 0.3 is 6.16 Å². The Balaban J connectivity index is 1.83. The summed E-state index contributed by atoms with van der Waals surface area (Å²) in [6, 6.07) is 17.7. The van der Waals surface area contributed by atoms with Crippen LogP contribution < -0.4 is 9.64 Å². The van der Waals surface area contributed by atoms with Crippen molar-refractivity contribution in [1.82, 2.24) is 0 Å². The molecular formula is C23H31NO3. The smallest absolute Gasteiger partial charge is 0.432 e. The van der Waals surface area contributed by atoms with Gasteiger partial charge in [-0.15, -0.1) is 0 Å². The fourth-order valence-electron chi connectivity index (χ4n) is 2.75. The number of ether oxygens (including phenoxy) is 2. The Morgan fingerprint density at radius 1 is 0.963 bits per heavy atom. The highest BCUT2D eigenvalue weighted by atomic mass is 16.7. The highest BCUT2D eigenvalue weighted by Crippen LogP contribution is 2.24. The maximum Gasteiger partial charge on any atom is 0.513 e. The van der Waals surface area contributed by atoms with Crippen molar-refractivity contribution in [3.63, 3.8) is 0 Å². The van der Waals surface area contributed by atoms with Gasteiger partial charge in [0.1, 0.15) is 12.4 Å². The number of carbonyl (C=O) groups is 1. The SMILES string of the molecule is CCCCN(CCOC(=O)Oc1ccc(C(C)(C)C)cc1)c1ccccc1. The Morgan fingerprint density at radius 3 is 2.22 bits per heavy atom. The molecule has 0 aliphatic rings. The van der Waals surface area contributed by atoms with Crippen LogP contribution in [0.5, 0.6) is 5.75 Å². The molecule has 4 heteroatoms. The molecule has 0 saturated carbocycles. The first-order valence-electron chi connectivity index (χ1n) is 9.65. The summed E-state index contributed by atoms with van der Waals surface area (Å²) in [4.78, 5) is 14.2. The standard InChI is InChI=1S/C23H31NO3/c1-5-6-16-24(20-10-8-7-9-11-20)17-18-26-22(25)27-21-14-12-19(13-15-21)23(2,3)4/h7-15H,5-6,16-18H2,1-4H3. The summed E-state index contributed by atoms with van der Waals surface area (Å²) in [5.74, 6) is 0.499. The molecule has 0 radical (unpaired) electrons. The molecule has 0 N–H and O–H groups in total. The van der Waals surface area contributed by atoms with Crippen LogP contribution in [-0.4, -0.2) is 25.9 Å². The molecule has 0 aromatic heterocycles. The van der Waals surface area contributed by atoms with Crippen molar-refractivity contribution < 1.29 is 14.3 Å². The van der Waals surface area contributed by atoms with E-state index in [4.69, 9.17) is 9.47 Å². The van der Waals surface area contributed by atoms with Gasteiger partial charge in [-0.1, -0.05) is 64.4 Å². The Morgan fingerprint density at radius 2 is 1.63 bits per heavy atom. The van der Waals surface area contributed by atoms with E-state index >= 15 is 0 Å². The second-order valence-electron chi connectivity index (χ2n) is 7.65. The van der Waals surface area contributed by atoms with E-state index in [2.05, 4.69) is 44.7 Å². The average Bonchev–Trinajstić information content (AvgIpc) is 2.65. The normalized spacial score (nSPS) is 11.1. The summed E-state index contributed by atoms with van der Waals surface area (Å²) in [6.07, 6.45) is 1.55. The lowest BCUT2D eigenvalue weighted by Crippen LogP contribution is -2.29. The van der Waals surface area contributed by atoms with Crippen LogP contribution in [0.2, 0.25) is 0 Å². The van der Waals surface area contributed by atoms with Gasteiger partial charge in [0, 0.05) is 12.2 Å². The largest absolute Gasteiger partial charge is 0.513 e. The number of carbonyl (C=O) groups excluding carboxylic acids is 1. The van der Waals surface area contributed by atoms with Gasteiger partial charge in [-0.3, -0.25) is 0 Å². The fourth-order valence-corrected chi connectivity index (χ4v) is 2.75. The van der Waals surface area contributed by atoms with Crippen molar-refractivity contribution in [2.75, 3.05) is 24.6 Å². The van der Waals surface area contributed by atoms with E-state index < -0.39 is 6.16 Å².